The summed E-state index contributed by atoms with van der Waals surface area (Å²) in [6.07, 6.45) is 3.06. The van der Waals surface area contributed by atoms with Crippen molar-refractivity contribution in [2.24, 2.45) is 5.92 Å². The molecule has 100 valence electrons. The summed E-state index contributed by atoms with van der Waals surface area (Å²) in [5, 5.41) is 3.04. The molecule has 1 rings (SSSR count). The lowest BCUT2D eigenvalue weighted by Crippen LogP contribution is -2.34. The largest absolute Gasteiger partial charge is 0.355 e. The van der Waals surface area contributed by atoms with Gasteiger partial charge in [0.05, 0.1) is 5.92 Å². The van der Waals surface area contributed by atoms with Crippen molar-refractivity contribution >= 4 is 17.7 Å². The van der Waals surface area contributed by atoms with E-state index in [0.717, 1.165) is 24.3 Å². The Bertz CT molecular complexity index is 353. The van der Waals surface area contributed by atoms with Crippen molar-refractivity contribution in [2.45, 2.75) is 26.2 Å². The van der Waals surface area contributed by atoms with Crippen molar-refractivity contribution in [1.29, 1.82) is 0 Å². The number of rotatable bonds is 7. The van der Waals surface area contributed by atoms with Gasteiger partial charge in [0.15, 0.2) is 0 Å². The molecule has 0 saturated heterocycles. The quantitative estimate of drug-likeness (QED) is 0.766. The lowest BCUT2D eigenvalue weighted by molar-refractivity contribution is -0.123. The third-order valence-corrected chi connectivity index (χ3v) is 3.87. The van der Waals surface area contributed by atoms with E-state index < -0.39 is 0 Å². The van der Waals surface area contributed by atoms with Crippen molar-refractivity contribution in [2.75, 3.05) is 18.6 Å². The number of carbonyl (C=O) groups is 1. The van der Waals surface area contributed by atoms with E-state index in [2.05, 4.69) is 25.4 Å². The Kier molecular flexibility index (Phi) is 6.88. The summed E-state index contributed by atoms with van der Waals surface area (Å²) in [7, 11) is 0. The van der Waals surface area contributed by atoms with Crippen LogP contribution in [-0.2, 0) is 4.79 Å². The standard InChI is InChI=1S/C15H23NOS/c1-4-12(2)14(13-8-6-5-7-9-13)15(17)16-10-11-18-3/h5-9,12,14H,4,10-11H2,1-3H3,(H,16,17)/t12-,14-/m0/s1. The molecule has 0 saturated carbocycles. The summed E-state index contributed by atoms with van der Waals surface area (Å²) in [6.45, 7) is 5.03. The highest BCUT2D eigenvalue weighted by Gasteiger charge is 2.25. The summed E-state index contributed by atoms with van der Waals surface area (Å²) < 4.78 is 0. The fourth-order valence-electron chi connectivity index (χ4n) is 2.02. The van der Waals surface area contributed by atoms with Crippen molar-refractivity contribution in [1.82, 2.24) is 5.32 Å². The van der Waals surface area contributed by atoms with Crippen LogP contribution in [0.3, 0.4) is 0 Å². The zero-order valence-corrected chi connectivity index (χ0v) is 12.3. The van der Waals surface area contributed by atoms with Crippen LogP contribution in [0.25, 0.3) is 0 Å². The van der Waals surface area contributed by atoms with Crippen LogP contribution in [-0.4, -0.2) is 24.5 Å². The molecule has 0 unspecified atom stereocenters. The van der Waals surface area contributed by atoms with Crippen LogP contribution in [0.5, 0.6) is 0 Å². The fourth-order valence-corrected chi connectivity index (χ4v) is 2.33. The molecule has 2 atom stereocenters. The van der Waals surface area contributed by atoms with E-state index in [1.54, 1.807) is 11.8 Å². The number of hydrogen-bond acceptors (Lipinski definition) is 2. The third-order valence-electron chi connectivity index (χ3n) is 3.26. The number of carbonyl (C=O) groups excluding carboxylic acids is 1. The molecule has 0 bridgehead atoms. The second-order valence-electron chi connectivity index (χ2n) is 4.56. The van der Waals surface area contributed by atoms with Crippen molar-refractivity contribution in [3.05, 3.63) is 35.9 Å². The molecule has 3 heteroatoms. The van der Waals surface area contributed by atoms with Gasteiger partial charge in [-0.2, -0.15) is 11.8 Å². The van der Waals surface area contributed by atoms with Crippen LogP contribution in [0.4, 0.5) is 0 Å². The molecule has 0 aliphatic heterocycles. The highest BCUT2D eigenvalue weighted by molar-refractivity contribution is 7.98. The fraction of sp³-hybridized carbons (Fsp3) is 0.533. The average Bonchev–Trinajstić information content (AvgIpc) is 2.40. The first-order valence-corrected chi connectivity index (χ1v) is 7.91. The molecule has 0 spiro atoms. The maximum atomic E-state index is 12.3. The molecule has 0 aliphatic rings. The van der Waals surface area contributed by atoms with Gasteiger partial charge in [0, 0.05) is 12.3 Å². The topological polar surface area (TPSA) is 29.1 Å². The zero-order chi connectivity index (χ0) is 13.4. The first-order chi connectivity index (χ1) is 8.70. The van der Waals surface area contributed by atoms with Gasteiger partial charge in [-0.15, -0.1) is 0 Å². The van der Waals surface area contributed by atoms with Crippen LogP contribution in [0.2, 0.25) is 0 Å². The number of hydrogen-bond donors (Lipinski definition) is 1. The van der Waals surface area contributed by atoms with Gasteiger partial charge in [0.25, 0.3) is 0 Å². The Labute approximate surface area is 115 Å². The van der Waals surface area contributed by atoms with Gasteiger partial charge in [-0.3, -0.25) is 4.79 Å². The normalized spacial score (nSPS) is 13.9. The Balaban J connectivity index is 2.76. The second kappa shape index (κ2) is 8.20. The van der Waals surface area contributed by atoms with Crippen LogP contribution < -0.4 is 5.32 Å². The first kappa shape index (κ1) is 15.1. The maximum absolute atomic E-state index is 12.3. The molecule has 1 aromatic carbocycles. The number of amides is 1. The summed E-state index contributed by atoms with van der Waals surface area (Å²) in [4.78, 5) is 12.3. The molecule has 1 N–H and O–H groups in total. The zero-order valence-electron chi connectivity index (χ0n) is 11.5. The molecule has 2 nitrogen and oxygen atoms in total. The van der Waals surface area contributed by atoms with E-state index in [4.69, 9.17) is 0 Å². The van der Waals surface area contributed by atoms with Gasteiger partial charge < -0.3 is 5.32 Å². The van der Waals surface area contributed by atoms with Crippen LogP contribution in [0, 0.1) is 5.92 Å². The number of benzene rings is 1. The van der Waals surface area contributed by atoms with E-state index in [9.17, 15) is 4.79 Å². The van der Waals surface area contributed by atoms with Gasteiger partial charge in [0.1, 0.15) is 0 Å². The molecular weight excluding hydrogens is 242 g/mol. The van der Waals surface area contributed by atoms with Crippen molar-refractivity contribution < 1.29 is 4.79 Å². The lowest BCUT2D eigenvalue weighted by Gasteiger charge is -2.22. The summed E-state index contributed by atoms with van der Waals surface area (Å²) >= 11 is 1.75. The van der Waals surface area contributed by atoms with Crippen molar-refractivity contribution in [3.8, 4) is 0 Å². The SMILES string of the molecule is CC[C@H](C)[C@H](C(=O)NCCSC)c1ccccc1. The average molecular weight is 265 g/mol. The Morgan fingerprint density at radius 1 is 1.33 bits per heavy atom. The highest BCUT2D eigenvalue weighted by Crippen LogP contribution is 2.26. The molecule has 1 aromatic rings. The number of nitrogens with one attached hydrogen (secondary N) is 1. The van der Waals surface area contributed by atoms with E-state index in [0.29, 0.717) is 5.92 Å². The van der Waals surface area contributed by atoms with Crippen LogP contribution in [0.1, 0.15) is 31.7 Å². The minimum Gasteiger partial charge on any atom is -0.355 e. The summed E-state index contributed by atoms with van der Waals surface area (Å²) in [5.74, 6) is 1.46. The van der Waals surface area contributed by atoms with Gasteiger partial charge in [-0.05, 0) is 17.7 Å². The molecular formula is C15H23NOS. The molecule has 0 fully saturated rings. The van der Waals surface area contributed by atoms with E-state index in [1.165, 1.54) is 0 Å². The smallest absolute Gasteiger partial charge is 0.227 e. The maximum Gasteiger partial charge on any atom is 0.227 e. The highest BCUT2D eigenvalue weighted by atomic mass is 32.2. The minimum absolute atomic E-state index is 0.0296. The van der Waals surface area contributed by atoms with Gasteiger partial charge in [-0.1, -0.05) is 50.6 Å². The Hall–Kier alpha value is -0.960. The van der Waals surface area contributed by atoms with E-state index in [1.807, 2.05) is 30.3 Å². The molecule has 18 heavy (non-hydrogen) atoms. The summed E-state index contributed by atoms with van der Waals surface area (Å²) in [6, 6.07) is 10.1. The molecule has 0 heterocycles. The molecule has 0 aliphatic carbocycles. The molecule has 0 aromatic heterocycles. The predicted octanol–water partition coefficient (Wildman–Crippen LogP) is 3.30. The monoisotopic (exact) mass is 265 g/mol. The van der Waals surface area contributed by atoms with Gasteiger partial charge >= 0.3 is 0 Å². The van der Waals surface area contributed by atoms with Gasteiger partial charge in [-0.25, -0.2) is 0 Å². The number of thioether (sulfide) groups is 1. The van der Waals surface area contributed by atoms with Crippen LogP contribution in [0.15, 0.2) is 30.3 Å². The Morgan fingerprint density at radius 2 is 2.00 bits per heavy atom. The summed E-state index contributed by atoms with van der Waals surface area (Å²) in [5.41, 5.74) is 1.12. The van der Waals surface area contributed by atoms with E-state index in [-0.39, 0.29) is 11.8 Å². The van der Waals surface area contributed by atoms with E-state index >= 15 is 0 Å². The Morgan fingerprint density at radius 3 is 2.56 bits per heavy atom. The van der Waals surface area contributed by atoms with Gasteiger partial charge in [0.2, 0.25) is 5.91 Å². The van der Waals surface area contributed by atoms with Crippen LogP contribution >= 0.6 is 11.8 Å². The molecule has 0 radical (unpaired) electrons. The van der Waals surface area contributed by atoms with Crippen molar-refractivity contribution in [3.63, 3.8) is 0 Å². The lowest BCUT2D eigenvalue weighted by atomic mass is 9.85. The molecule has 1 amide bonds. The second-order valence-corrected chi connectivity index (χ2v) is 5.54. The third kappa shape index (κ3) is 4.37. The predicted molar refractivity (Wildman–Crippen MR) is 80.0 cm³/mol. The minimum atomic E-state index is -0.0296. The first-order valence-electron chi connectivity index (χ1n) is 6.52.